The molecule has 0 saturated carbocycles. The molecule has 0 saturated heterocycles. The highest BCUT2D eigenvalue weighted by atomic mass is 19.3. The second kappa shape index (κ2) is 11.2. The fraction of sp³-hybridized carbons (Fsp3) is 0.381. The summed E-state index contributed by atoms with van der Waals surface area (Å²) in [6.07, 6.45) is 0. The molecule has 7 nitrogen and oxygen atoms in total. The average Bonchev–Trinajstić information content (AvgIpc) is 2.72. The van der Waals surface area contributed by atoms with Crippen LogP contribution in [0.15, 0.2) is 36.4 Å². The van der Waals surface area contributed by atoms with Crippen LogP contribution in [-0.4, -0.2) is 52.3 Å². The molecule has 2 aromatic rings. The molecule has 30 heavy (non-hydrogen) atoms. The van der Waals surface area contributed by atoms with E-state index < -0.39 is 6.61 Å². The van der Waals surface area contributed by atoms with Gasteiger partial charge in [0.05, 0.1) is 27.9 Å². The van der Waals surface area contributed by atoms with E-state index >= 15 is 0 Å². The van der Waals surface area contributed by atoms with Crippen molar-refractivity contribution in [3.05, 3.63) is 47.5 Å². The molecule has 0 radical (unpaired) electrons. The van der Waals surface area contributed by atoms with Gasteiger partial charge in [0.25, 0.3) is 0 Å². The Bertz CT molecular complexity index is 806. The lowest BCUT2D eigenvalue weighted by Crippen LogP contribution is -2.34. The first kappa shape index (κ1) is 23.2. The number of ether oxygens (including phenoxy) is 4. The summed E-state index contributed by atoms with van der Waals surface area (Å²) in [5.41, 5.74) is 1.67. The molecule has 0 aliphatic carbocycles. The molecule has 0 aromatic heterocycles. The molecule has 1 N–H and O–H groups in total. The third-order valence-electron chi connectivity index (χ3n) is 4.23. The van der Waals surface area contributed by atoms with Gasteiger partial charge in [-0.15, -0.1) is 0 Å². The standard InChI is InChI=1S/C21H26F2N2O5/c1-25(12-14-5-7-16(8-6-14)30-21(22)23)13-19(26)24-11-15-9-17(27-2)20(29-4)18(10-15)28-3/h5-10,21H,11-13H2,1-4H3,(H,24,26). The predicted octanol–water partition coefficient (Wildman–Crippen LogP) is 3.06. The van der Waals surface area contributed by atoms with Crippen molar-refractivity contribution in [2.45, 2.75) is 19.7 Å². The number of alkyl halides is 2. The molecule has 0 heterocycles. The normalized spacial score (nSPS) is 10.8. The van der Waals surface area contributed by atoms with Gasteiger partial charge in [0, 0.05) is 13.1 Å². The summed E-state index contributed by atoms with van der Waals surface area (Å²) in [4.78, 5) is 14.1. The van der Waals surface area contributed by atoms with Crippen LogP contribution < -0.4 is 24.3 Å². The van der Waals surface area contributed by atoms with Crippen LogP contribution in [0.5, 0.6) is 23.0 Å². The highest BCUT2D eigenvalue weighted by Gasteiger charge is 2.14. The topological polar surface area (TPSA) is 69.3 Å². The van der Waals surface area contributed by atoms with Crippen molar-refractivity contribution in [1.82, 2.24) is 10.2 Å². The summed E-state index contributed by atoms with van der Waals surface area (Å²) in [6, 6.07) is 9.85. The maximum absolute atomic E-state index is 12.3. The Hall–Kier alpha value is -3.07. The van der Waals surface area contributed by atoms with Gasteiger partial charge in [-0.3, -0.25) is 9.69 Å². The number of rotatable bonds is 11. The van der Waals surface area contributed by atoms with Gasteiger partial charge in [-0.25, -0.2) is 0 Å². The number of hydrogen-bond donors (Lipinski definition) is 1. The molecule has 1 amide bonds. The second-order valence-corrected chi connectivity index (χ2v) is 6.51. The van der Waals surface area contributed by atoms with E-state index in [9.17, 15) is 13.6 Å². The number of amides is 1. The molecular weight excluding hydrogens is 398 g/mol. The first-order valence-electron chi connectivity index (χ1n) is 9.14. The van der Waals surface area contributed by atoms with E-state index in [1.165, 1.54) is 33.5 Å². The van der Waals surface area contributed by atoms with Crippen molar-refractivity contribution in [1.29, 1.82) is 0 Å². The number of nitrogens with one attached hydrogen (secondary N) is 1. The lowest BCUT2D eigenvalue weighted by molar-refractivity contribution is -0.122. The average molecular weight is 424 g/mol. The molecule has 164 valence electrons. The molecule has 9 heteroatoms. The van der Waals surface area contributed by atoms with Crippen molar-refractivity contribution in [3.8, 4) is 23.0 Å². The van der Waals surface area contributed by atoms with E-state index in [1.54, 1.807) is 31.3 Å². The summed E-state index contributed by atoms with van der Waals surface area (Å²) < 4.78 is 44.6. The summed E-state index contributed by atoms with van der Waals surface area (Å²) in [5.74, 6) is 1.44. The predicted molar refractivity (Wildman–Crippen MR) is 107 cm³/mol. The number of benzene rings is 2. The van der Waals surface area contributed by atoms with E-state index in [-0.39, 0.29) is 18.2 Å². The number of carbonyl (C=O) groups excluding carboxylic acids is 1. The van der Waals surface area contributed by atoms with Crippen molar-refractivity contribution in [2.75, 3.05) is 34.9 Å². The minimum atomic E-state index is -2.85. The van der Waals surface area contributed by atoms with Gasteiger partial charge in [0.2, 0.25) is 11.7 Å². The Labute approximate surface area is 174 Å². The molecule has 0 spiro atoms. The number of halogens is 2. The molecule has 0 unspecified atom stereocenters. The maximum Gasteiger partial charge on any atom is 0.387 e. The van der Waals surface area contributed by atoms with Crippen molar-refractivity contribution < 1.29 is 32.5 Å². The molecule has 2 rings (SSSR count). The molecule has 0 bridgehead atoms. The third kappa shape index (κ3) is 6.77. The molecular formula is C21H26F2N2O5. The van der Waals surface area contributed by atoms with Crippen LogP contribution in [-0.2, 0) is 17.9 Å². The smallest absolute Gasteiger partial charge is 0.387 e. The fourth-order valence-electron chi connectivity index (χ4n) is 2.88. The van der Waals surface area contributed by atoms with Crippen LogP contribution >= 0.6 is 0 Å². The Balaban J connectivity index is 1.88. The third-order valence-corrected chi connectivity index (χ3v) is 4.23. The molecule has 0 aliphatic rings. The Kier molecular flexibility index (Phi) is 8.67. The Morgan fingerprint density at radius 3 is 2.10 bits per heavy atom. The van der Waals surface area contributed by atoms with Gasteiger partial charge in [-0.2, -0.15) is 8.78 Å². The minimum absolute atomic E-state index is 0.0968. The number of likely N-dealkylation sites (N-methyl/N-ethyl adjacent to an activating group) is 1. The van der Waals surface area contributed by atoms with Crippen LogP contribution in [0.2, 0.25) is 0 Å². The quantitative estimate of drug-likeness (QED) is 0.598. The Morgan fingerprint density at radius 1 is 1.00 bits per heavy atom. The van der Waals surface area contributed by atoms with E-state index in [2.05, 4.69) is 10.1 Å². The van der Waals surface area contributed by atoms with Crippen molar-refractivity contribution >= 4 is 5.91 Å². The first-order chi connectivity index (χ1) is 14.4. The Morgan fingerprint density at radius 2 is 1.60 bits per heavy atom. The first-order valence-corrected chi connectivity index (χ1v) is 9.14. The van der Waals surface area contributed by atoms with Gasteiger partial charge in [0.15, 0.2) is 11.5 Å². The zero-order valence-corrected chi connectivity index (χ0v) is 17.4. The number of nitrogens with zero attached hydrogens (tertiary/aromatic N) is 1. The molecule has 0 aliphatic heterocycles. The number of methoxy groups -OCH3 is 3. The van der Waals surface area contributed by atoms with Crippen LogP contribution in [0.1, 0.15) is 11.1 Å². The zero-order valence-electron chi connectivity index (χ0n) is 17.4. The van der Waals surface area contributed by atoms with Crippen molar-refractivity contribution in [2.24, 2.45) is 0 Å². The summed E-state index contributed by atoms with van der Waals surface area (Å²) in [7, 11) is 6.38. The summed E-state index contributed by atoms with van der Waals surface area (Å²) in [6.45, 7) is -1.91. The van der Waals surface area contributed by atoms with Crippen LogP contribution in [0.25, 0.3) is 0 Å². The molecule has 2 aromatic carbocycles. The highest BCUT2D eigenvalue weighted by molar-refractivity contribution is 5.78. The van der Waals surface area contributed by atoms with E-state index in [4.69, 9.17) is 14.2 Å². The van der Waals surface area contributed by atoms with Crippen LogP contribution in [0, 0.1) is 0 Å². The van der Waals surface area contributed by atoms with E-state index in [0.717, 1.165) is 11.1 Å². The van der Waals surface area contributed by atoms with E-state index in [0.29, 0.717) is 30.3 Å². The van der Waals surface area contributed by atoms with Crippen LogP contribution in [0.4, 0.5) is 8.78 Å². The SMILES string of the molecule is COc1cc(CNC(=O)CN(C)Cc2ccc(OC(F)F)cc2)cc(OC)c1OC. The molecule has 0 atom stereocenters. The largest absolute Gasteiger partial charge is 0.493 e. The summed E-state index contributed by atoms with van der Waals surface area (Å²) in [5, 5.41) is 2.85. The molecule has 0 fully saturated rings. The number of hydrogen-bond acceptors (Lipinski definition) is 6. The fourth-order valence-corrected chi connectivity index (χ4v) is 2.88. The van der Waals surface area contributed by atoms with Gasteiger partial charge in [-0.05, 0) is 42.4 Å². The van der Waals surface area contributed by atoms with Gasteiger partial charge in [0.1, 0.15) is 5.75 Å². The van der Waals surface area contributed by atoms with E-state index in [1.807, 2.05) is 4.90 Å². The maximum atomic E-state index is 12.3. The monoisotopic (exact) mass is 424 g/mol. The lowest BCUT2D eigenvalue weighted by Gasteiger charge is -2.17. The highest BCUT2D eigenvalue weighted by Crippen LogP contribution is 2.38. The minimum Gasteiger partial charge on any atom is -0.493 e. The van der Waals surface area contributed by atoms with Gasteiger partial charge in [-0.1, -0.05) is 12.1 Å². The van der Waals surface area contributed by atoms with Gasteiger partial charge < -0.3 is 24.3 Å². The van der Waals surface area contributed by atoms with Crippen LogP contribution in [0.3, 0.4) is 0 Å². The second-order valence-electron chi connectivity index (χ2n) is 6.51. The van der Waals surface area contributed by atoms with Crippen molar-refractivity contribution in [3.63, 3.8) is 0 Å². The van der Waals surface area contributed by atoms with Gasteiger partial charge >= 0.3 is 6.61 Å². The zero-order chi connectivity index (χ0) is 22.1. The summed E-state index contributed by atoms with van der Waals surface area (Å²) >= 11 is 0. The lowest BCUT2D eigenvalue weighted by atomic mass is 10.1. The number of carbonyl (C=O) groups is 1.